The van der Waals surface area contributed by atoms with Crippen LogP contribution in [0.3, 0.4) is 0 Å². The summed E-state index contributed by atoms with van der Waals surface area (Å²) in [6.45, 7) is 10.8. The fraction of sp³-hybridized carbons (Fsp3) is 1.00. The van der Waals surface area contributed by atoms with Gasteiger partial charge in [0.1, 0.15) is 0 Å². The SMILES string of the molecule is CCCNC(CCCC1CCCO1)C1CN2CCN1CC2. The number of ether oxygens (including phenoxy) is 1. The molecule has 0 aliphatic carbocycles. The summed E-state index contributed by atoms with van der Waals surface area (Å²) < 4.78 is 5.77. The van der Waals surface area contributed by atoms with Crippen LogP contribution in [0.25, 0.3) is 0 Å². The van der Waals surface area contributed by atoms with Crippen molar-refractivity contribution >= 4 is 0 Å². The van der Waals surface area contributed by atoms with Gasteiger partial charge in [0.2, 0.25) is 0 Å². The van der Waals surface area contributed by atoms with Gasteiger partial charge in [-0.25, -0.2) is 0 Å². The summed E-state index contributed by atoms with van der Waals surface area (Å²) in [5, 5.41) is 3.84. The molecule has 4 rings (SSSR count). The van der Waals surface area contributed by atoms with Crippen LogP contribution in [0.5, 0.6) is 0 Å². The van der Waals surface area contributed by atoms with E-state index in [9.17, 15) is 0 Å². The Kier molecular flexibility index (Phi) is 5.92. The van der Waals surface area contributed by atoms with E-state index in [4.69, 9.17) is 4.74 Å². The smallest absolute Gasteiger partial charge is 0.0576 e. The van der Waals surface area contributed by atoms with Crippen molar-refractivity contribution in [3.05, 3.63) is 0 Å². The molecule has 0 radical (unpaired) electrons. The fourth-order valence-electron chi connectivity index (χ4n) is 4.24. The Balaban J connectivity index is 1.48. The molecule has 2 bridgehead atoms. The predicted molar refractivity (Wildman–Crippen MR) is 86.7 cm³/mol. The van der Waals surface area contributed by atoms with Gasteiger partial charge in [-0.15, -0.1) is 0 Å². The van der Waals surface area contributed by atoms with Gasteiger partial charge in [0.25, 0.3) is 0 Å². The monoisotopic (exact) mass is 295 g/mol. The van der Waals surface area contributed by atoms with E-state index in [0.717, 1.165) is 19.2 Å². The number of nitrogens with zero attached hydrogens (tertiary/aromatic N) is 2. The van der Waals surface area contributed by atoms with Gasteiger partial charge in [0, 0.05) is 51.4 Å². The van der Waals surface area contributed by atoms with Crippen molar-refractivity contribution in [3.63, 3.8) is 0 Å². The molecule has 0 aromatic carbocycles. The quantitative estimate of drug-likeness (QED) is 0.738. The number of nitrogens with one attached hydrogen (secondary N) is 1. The maximum atomic E-state index is 5.77. The Bertz CT molecular complexity index is 298. The average Bonchev–Trinajstić information content (AvgIpc) is 3.05. The molecule has 3 atom stereocenters. The molecule has 4 heterocycles. The molecule has 21 heavy (non-hydrogen) atoms. The molecule has 4 fully saturated rings. The van der Waals surface area contributed by atoms with E-state index in [2.05, 4.69) is 22.0 Å². The highest BCUT2D eigenvalue weighted by molar-refractivity contribution is 4.94. The molecule has 0 saturated carbocycles. The molecular formula is C17H33N3O. The minimum Gasteiger partial charge on any atom is -0.378 e. The van der Waals surface area contributed by atoms with Gasteiger partial charge in [-0.3, -0.25) is 9.80 Å². The first-order valence-electron chi connectivity index (χ1n) is 9.18. The number of fused-ring (bicyclic) bond motifs is 3. The van der Waals surface area contributed by atoms with Gasteiger partial charge in [-0.1, -0.05) is 6.92 Å². The Morgan fingerprint density at radius 1 is 1.24 bits per heavy atom. The standard InChI is InChI=1S/C17H33N3O/c1-2-8-18-16(7-3-5-15-6-4-13-21-15)17-14-19-9-11-20(17)12-10-19/h15-18H,2-14H2,1H3. The number of rotatable bonds is 8. The van der Waals surface area contributed by atoms with E-state index < -0.39 is 0 Å². The Labute approximate surface area is 130 Å². The third-order valence-corrected chi connectivity index (χ3v) is 5.51. The molecule has 122 valence electrons. The van der Waals surface area contributed by atoms with Crippen LogP contribution < -0.4 is 5.32 Å². The molecule has 4 heteroatoms. The second kappa shape index (κ2) is 7.91. The van der Waals surface area contributed by atoms with Crippen molar-refractivity contribution in [2.24, 2.45) is 0 Å². The van der Waals surface area contributed by atoms with Crippen LogP contribution in [0.2, 0.25) is 0 Å². The van der Waals surface area contributed by atoms with Crippen LogP contribution in [-0.2, 0) is 4.74 Å². The van der Waals surface area contributed by atoms with Crippen molar-refractivity contribution in [1.29, 1.82) is 0 Å². The third kappa shape index (κ3) is 4.19. The van der Waals surface area contributed by atoms with Gasteiger partial charge in [-0.2, -0.15) is 0 Å². The zero-order valence-electron chi connectivity index (χ0n) is 13.7. The van der Waals surface area contributed by atoms with Gasteiger partial charge >= 0.3 is 0 Å². The van der Waals surface area contributed by atoms with Crippen LogP contribution in [0.4, 0.5) is 0 Å². The highest BCUT2D eigenvalue weighted by Gasteiger charge is 2.36. The van der Waals surface area contributed by atoms with E-state index in [-0.39, 0.29) is 0 Å². The summed E-state index contributed by atoms with van der Waals surface area (Å²) in [4.78, 5) is 5.39. The summed E-state index contributed by atoms with van der Waals surface area (Å²) in [6, 6.07) is 1.41. The van der Waals surface area contributed by atoms with E-state index in [1.165, 1.54) is 71.2 Å². The lowest BCUT2D eigenvalue weighted by Gasteiger charge is -2.50. The largest absolute Gasteiger partial charge is 0.378 e. The van der Waals surface area contributed by atoms with E-state index >= 15 is 0 Å². The van der Waals surface area contributed by atoms with Gasteiger partial charge < -0.3 is 10.1 Å². The lowest BCUT2D eigenvalue weighted by Crippen LogP contribution is -2.66. The molecule has 4 aliphatic heterocycles. The van der Waals surface area contributed by atoms with Crippen molar-refractivity contribution in [2.45, 2.75) is 63.6 Å². The average molecular weight is 295 g/mol. The van der Waals surface area contributed by atoms with Gasteiger partial charge in [0.15, 0.2) is 0 Å². The Morgan fingerprint density at radius 2 is 2.10 bits per heavy atom. The molecule has 0 aromatic heterocycles. The first kappa shape index (κ1) is 15.7. The minimum atomic E-state index is 0.559. The molecule has 0 amide bonds. The zero-order valence-corrected chi connectivity index (χ0v) is 13.7. The van der Waals surface area contributed by atoms with Crippen molar-refractivity contribution in [1.82, 2.24) is 15.1 Å². The number of hydrogen-bond donors (Lipinski definition) is 1. The van der Waals surface area contributed by atoms with Crippen LogP contribution in [0, 0.1) is 0 Å². The van der Waals surface area contributed by atoms with E-state index in [1.807, 2.05) is 0 Å². The van der Waals surface area contributed by atoms with E-state index in [0.29, 0.717) is 12.1 Å². The normalized spacial score (nSPS) is 37.0. The van der Waals surface area contributed by atoms with Gasteiger partial charge in [0.05, 0.1) is 6.10 Å². The first-order valence-corrected chi connectivity index (χ1v) is 9.18. The van der Waals surface area contributed by atoms with Crippen LogP contribution in [0.15, 0.2) is 0 Å². The van der Waals surface area contributed by atoms with E-state index in [1.54, 1.807) is 0 Å². The van der Waals surface area contributed by atoms with Crippen LogP contribution >= 0.6 is 0 Å². The molecule has 4 saturated heterocycles. The molecule has 1 N–H and O–H groups in total. The maximum Gasteiger partial charge on any atom is 0.0576 e. The lowest BCUT2D eigenvalue weighted by molar-refractivity contribution is -0.00540. The van der Waals surface area contributed by atoms with Crippen LogP contribution in [0.1, 0.15) is 45.4 Å². The molecule has 3 unspecified atom stereocenters. The molecule has 4 aliphatic rings. The second-order valence-electron chi connectivity index (χ2n) is 7.03. The Morgan fingerprint density at radius 3 is 2.71 bits per heavy atom. The maximum absolute atomic E-state index is 5.77. The molecule has 0 aromatic rings. The third-order valence-electron chi connectivity index (χ3n) is 5.51. The highest BCUT2D eigenvalue weighted by Crippen LogP contribution is 2.23. The van der Waals surface area contributed by atoms with Gasteiger partial charge in [-0.05, 0) is 45.1 Å². The summed E-state index contributed by atoms with van der Waals surface area (Å²) in [6.07, 6.45) is 8.25. The van der Waals surface area contributed by atoms with Crippen LogP contribution in [-0.4, -0.2) is 73.9 Å². The highest BCUT2D eigenvalue weighted by atomic mass is 16.5. The lowest BCUT2D eigenvalue weighted by atomic mass is 9.94. The minimum absolute atomic E-state index is 0.559. The van der Waals surface area contributed by atoms with Crippen molar-refractivity contribution in [2.75, 3.05) is 45.9 Å². The van der Waals surface area contributed by atoms with Crippen molar-refractivity contribution in [3.8, 4) is 0 Å². The topological polar surface area (TPSA) is 27.7 Å². The predicted octanol–water partition coefficient (Wildman–Crippen LogP) is 1.70. The number of piperazine rings is 3. The summed E-state index contributed by atoms with van der Waals surface area (Å²) in [5.74, 6) is 0. The second-order valence-corrected chi connectivity index (χ2v) is 7.03. The first-order chi connectivity index (χ1) is 10.4. The number of hydrogen-bond acceptors (Lipinski definition) is 4. The summed E-state index contributed by atoms with van der Waals surface area (Å²) in [7, 11) is 0. The summed E-state index contributed by atoms with van der Waals surface area (Å²) in [5.41, 5.74) is 0. The Hall–Kier alpha value is -0.160. The van der Waals surface area contributed by atoms with Crippen molar-refractivity contribution < 1.29 is 4.74 Å². The molecular weight excluding hydrogens is 262 g/mol. The molecule has 0 spiro atoms. The summed E-state index contributed by atoms with van der Waals surface area (Å²) >= 11 is 0. The fourth-order valence-corrected chi connectivity index (χ4v) is 4.24. The zero-order chi connectivity index (χ0) is 14.5. The molecule has 4 nitrogen and oxygen atoms in total.